The molecule has 0 atom stereocenters. The SMILES string of the molecule is O=C([O-])CCc1ccccc1.O=C([O-])CCc1ccccc1.[Hg+2]. The molecule has 116 valence electrons. The second-order valence-electron chi connectivity index (χ2n) is 4.72. The molecule has 0 saturated heterocycles. The molecule has 0 aliphatic heterocycles. The summed E-state index contributed by atoms with van der Waals surface area (Å²) in [4.78, 5) is 20.1. The zero-order valence-corrected chi connectivity index (χ0v) is 18.4. The molecule has 0 fully saturated rings. The Kier molecular flexibility index (Phi) is 11.9. The molecule has 0 N–H and O–H groups in total. The molecule has 0 aliphatic carbocycles. The van der Waals surface area contributed by atoms with Crippen molar-refractivity contribution < 1.29 is 47.5 Å². The minimum absolute atomic E-state index is 0. The maximum absolute atomic E-state index is 10.1. The molecule has 5 heteroatoms. The summed E-state index contributed by atoms with van der Waals surface area (Å²) < 4.78 is 0. The van der Waals surface area contributed by atoms with Gasteiger partial charge in [0.05, 0.1) is 0 Å². The van der Waals surface area contributed by atoms with E-state index in [1.54, 1.807) is 0 Å². The summed E-state index contributed by atoms with van der Waals surface area (Å²) >= 11 is 0. The van der Waals surface area contributed by atoms with E-state index >= 15 is 0 Å². The fourth-order valence-electron chi connectivity index (χ4n) is 1.78. The molecular formula is C18H18HgO4. The van der Waals surface area contributed by atoms with Crippen LogP contribution < -0.4 is 10.2 Å². The van der Waals surface area contributed by atoms with Crippen molar-refractivity contribution >= 4 is 11.9 Å². The standard InChI is InChI=1S/2C9H10O2.Hg/c2*10-9(11)7-6-8-4-2-1-3-5-8;/h2*1-5H,6-7H2,(H,10,11);/q;;+2/p-2. The van der Waals surface area contributed by atoms with Gasteiger partial charge in [-0.25, -0.2) is 0 Å². The molecule has 2 rings (SSSR count). The van der Waals surface area contributed by atoms with E-state index in [4.69, 9.17) is 0 Å². The van der Waals surface area contributed by atoms with Crippen molar-refractivity contribution in [3.63, 3.8) is 0 Å². The largest absolute Gasteiger partial charge is 2.00 e. The van der Waals surface area contributed by atoms with Gasteiger partial charge < -0.3 is 19.8 Å². The van der Waals surface area contributed by atoms with Gasteiger partial charge >= 0.3 is 27.7 Å². The quantitative estimate of drug-likeness (QED) is 0.550. The number of carbonyl (C=O) groups is 2. The third-order valence-electron chi connectivity index (χ3n) is 2.92. The molecule has 0 spiro atoms. The average Bonchev–Trinajstić information content (AvgIpc) is 2.53. The van der Waals surface area contributed by atoms with E-state index < -0.39 is 11.9 Å². The van der Waals surface area contributed by atoms with Gasteiger partial charge in [0, 0.05) is 11.9 Å². The maximum Gasteiger partial charge on any atom is 2.00 e. The molecule has 0 amide bonds. The Morgan fingerprint density at radius 1 is 0.652 bits per heavy atom. The van der Waals surface area contributed by atoms with Crippen LogP contribution in [0.5, 0.6) is 0 Å². The van der Waals surface area contributed by atoms with Gasteiger partial charge in [-0.1, -0.05) is 60.7 Å². The number of rotatable bonds is 6. The van der Waals surface area contributed by atoms with Gasteiger partial charge in [-0.05, 0) is 36.8 Å². The van der Waals surface area contributed by atoms with E-state index in [9.17, 15) is 19.8 Å². The minimum atomic E-state index is -0.992. The third kappa shape index (κ3) is 11.5. The summed E-state index contributed by atoms with van der Waals surface area (Å²) in [5.74, 6) is -1.98. The zero-order chi connectivity index (χ0) is 16.2. The van der Waals surface area contributed by atoms with Gasteiger partial charge in [0.25, 0.3) is 0 Å². The molecule has 0 saturated carbocycles. The summed E-state index contributed by atoms with van der Waals surface area (Å²) in [6.45, 7) is 0. The van der Waals surface area contributed by atoms with E-state index in [1.165, 1.54) is 0 Å². The molecule has 0 aliphatic rings. The number of hydrogen-bond acceptors (Lipinski definition) is 4. The first-order chi connectivity index (χ1) is 10.6. The van der Waals surface area contributed by atoms with Crippen molar-refractivity contribution in [2.75, 3.05) is 0 Å². The molecule has 0 radical (unpaired) electrons. The molecule has 4 nitrogen and oxygen atoms in total. The predicted molar refractivity (Wildman–Crippen MR) is 79.5 cm³/mol. The van der Waals surface area contributed by atoms with Crippen LogP contribution in [0, 0.1) is 0 Å². The summed E-state index contributed by atoms with van der Waals surface area (Å²) in [6, 6.07) is 19.0. The Hall–Kier alpha value is -1.68. The van der Waals surface area contributed by atoms with Crippen LogP contribution >= 0.6 is 0 Å². The van der Waals surface area contributed by atoms with Gasteiger partial charge in [-0.3, -0.25) is 0 Å². The summed E-state index contributed by atoms with van der Waals surface area (Å²) in [5.41, 5.74) is 2.08. The van der Waals surface area contributed by atoms with E-state index in [2.05, 4.69) is 0 Å². The van der Waals surface area contributed by atoms with Gasteiger partial charge in [-0.15, -0.1) is 0 Å². The number of carboxylic acids is 2. The normalized spacial score (nSPS) is 9.04. The Morgan fingerprint density at radius 3 is 1.22 bits per heavy atom. The Labute approximate surface area is 156 Å². The van der Waals surface area contributed by atoms with Crippen LogP contribution in [0.1, 0.15) is 24.0 Å². The molecule has 0 unspecified atom stereocenters. The van der Waals surface area contributed by atoms with E-state index in [0.29, 0.717) is 12.8 Å². The van der Waals surface area contributed by atoms with Gasteiger partial charge in [0.2, 0.25) is 0 Å². The molecule has 0 heterocycles. The topological polar surface area (TPSA) is 80.3 Å². The Bertz CT molecular complexity index is 517. The Morgan fingerprint density at radius 2 is 0.957 bits per heavy atom. The van der Waals surface area contributed by atoms with Crippen molar-refractivity contribution in [3.05, 3.63) is 71.8 Å². The number of aliphatic carboxylic acids is 2. The molecule has 23 heavy (non-hydrogen) atoms. The first-order valence-corrected chi connectivity index (χ1v) is 7.05. The van der Waals surface area contributed by atoms with Crippen molar-refractivity contribution in [1.82, 2.24) is 0 Å². The first-order valence-electron chi connectivity index (χ1n) is 7.05. The van der Waals surface area contributed by atoms with E-state index in [0.717, 1.165) is 11.1 Å². The van der Waals surface area contributed by atoms with Crippen LogP contribution in [0.3, 0.4) is 0 Å². The van der Waals surface area contributed by atoms with Crippen LogP contribution in [0.4, 0.5) is 0 Å². The van der Waals surface area contributed by atoms with Gasteiger partial charge in [0.15, 0.2) is 0 Å². The monoisotopic (exact) mass is 500 g/mol. The van der Waals surface area contributed by atoms with E-state index in [-0.39, 0.29) is 40.5 Å². The van der Waals surface area contributed by atoms with Crippen molar-refractivity contribution in [1.29, 1.82) is 0 Å². The number of carboxylic acid groups (broad SMARTS) is 2. The number of benzene rings is 2. The first kappa shape index (κ1) is 21.3. The Balaban J connectivity index is 0.000000403. The van der Waals surface area contributed by atoms with Gasteiger partial charge in [0.1, 0.15) is 0 Å². The summed E-state index contributed by atoms with van der Waals surface area (Å²) in [7, 11) is 0. The van der Waals surface area contributed by atoms with Crippen molar-refractivity contribution in [2.24, 2.45) is 0 Å². The average molecular weight is 499 g/mol. The van der Waals surface area contributed by atoms with Crippen molar-refractivity contribution in [3.8, 4) is 0 Å². The summed E-state index contributed by atoms with van der Waals surface area (Å²) in [6.07, 6.45) is 1.32. The van der Waals surface area contributed by atoms with Crippen LogP contribution in [0.15, 0.2) is 60.7 Å². The second kappa shape index (κ2) is 12.8. The molecule has 2 aromatic carbocycles. The van der Waals surface area contributed by atoms with Crippen LogP contribution in [0.2, 0.25) is 0 Å². The fourth-order valence-corrected chi connectivity index (χ4v) is 1.78. The van der Waals surface area contributed by atoms with Crippen LogP contribution in [0.25, 0.3) is 0 Å². The molecule has 0 aromatic heterocycles. The number of aryl methyl sites for hydroxylation is 2. The number of hydrogen-bond donors (Lipinski definition) is 0. The fraction of sp³-hybridized carbons (Fsp3) is 0.222. The van der Waals surface area contributed by atoms with Crippen LogP contribution in [-0.2, 0) is 50.1 Å². The number of carbonyl (C=O) groups excluding carboxylic acids is 2. The zero-order valence-electron chi connectivity index (χ0n) is 12.9. The molecule has 2 aromatic rings. The molecular weight excluding hydrogens is 481 g/mol. The predicted octanol–water partition coefficient (Wildman–Crippen LogP) is 0.736. The second-order valence-corrected chi connectivity index (χ2v) is 4.72. The smallest absolute Gasteiger partial charge is 0.550 e. The third-order valence-corrected chi connectivity index (χ3v) is 2.92. The minimum Gasteiger partial charge on any atom is -0.550 e. The summed E-state index contributed by atoms with van der Waals surface area (Å²) in [5, 5.41) is 20.1. The molecule has 0 bridgehead atoms. The van der Waals surface area contributed by atoms with E-state index in [1.807, 2.05) is 60.7 Å². The van der Waals surface area contributed by atoms with Gasteiger partial charge in [-0.2, -0.15) is 0 Å². The maximum atomic E-state index is 10.1. The van der Waals surface area contributed by atoms with Crippen molar-refractivity contribution in [2.45, 2.75) is 25.7 Å². The van der Waals surface area contributed by atoms with Crippen LogP contribution in [-0.4, -0.2) is 11.9 Å².